The number of nitrogens with zero attached hydrogens (tertiary/aromatic N) is 1. The van der Waals surface area contributed by atoms with Gasteiger partial charge >= 0.3 is 0 Å². The summed E-state index contributed by atoms with van der Waals surface area (Å²) in [4.78, 5) is 5.56. The van der Waals surface area contributed by atoms with Gasteiger partial charge in [-0.25, -0.2) is 0 Å². The van der Waals surface area contributed by atoms with Gasteiger partial charge in [-0.1, -0.05) is 33.6 Å². The molecule has 1 atom stereocenters. The lowest BCUT2D eigenvalue weighted by Crippen LogP contribution is -2.43. The zero-order valence-corrected chi connectivity index (χ0v) is 14.1. The van der Waals surface area contributed by atoms with Crippen molar-refractivity contribution < 1.29 is 0 Å². The van der Waals surface area contributed by atoms with Crippen LogP contribution in [0.3, 0.4) is 0 Å². The first-order chi connectivity index (χ1) is 9.68. The largest absolute Gasteiger partial charge is 0.329 e. The van der Waals surface area contributed by atoms with Crippen molar-refractivity contribution in [1.29, 1.82) is 0 Å². The highest BCUT2D eigenvalue weighted by Crippen LogP contribution is 2.40. The van der Waals surface area contributed by atoms with Crippen LogP contribution in [0.1, 0.15) is 62.3 Å². The number of likely N-dealkylation sites (tertiary alicyclic amines) is 1. The van der Waals surface area contributed by atoms with E-state index in [1.165, 1.54) is 48.5 Å². The molecule has 0 aliphatic carbocycles. The van der Waals surface area contributed by atoms with Gasteiger partial charge in [0.1, 0.15) is 0 Å². The Hall–Kier alpha value is -0.380. The fraction of sp³-hybridized carbons (Fsp3) is 0.765. The lowest BCUT2D eigenvalue weighted by atomic mass is 9.74. The first-order valence-corrected chi connectivity index (χ1v) is 9.02. The fourth-order valence-corrected chi connectivity index (χ4v) is 4.58. The predicted octanol–water partition coefficient (Wildman–Crippen LogP) is 4.21. The summed E-state index contributed by atoms with van der Waals surface area (Å²) >= 11 is 1.95. The average molecular weight is 295 g/mol. The molecule has 1 aliphatic heterocycles. The second-order valence-electron chi connectivity index (χ2n) is 6.15. The molecule has 0 saturated carbocycles. The van der Waals surface area contributed by atoms with E-state index in [9.17, 15) is 0 Å². The van der Waals surface area contributed by atoms with E-state index >= 15 is 0 Å². The van der Waals surface area contributed by atoms with Crippen LogP contribution in [-0.4, -0.2) is 24.5 Å². The van der Waals surface area contributed by atoms with Gasteiger partial charge in [0.15, 0.2) is 0 Å². The van der Waals surface area contributed by atoms with Crippen molar-refractivity contribution in [2.24, 2.45) is 11.1 Å². The molecule has 20 heavy (non-hydrogen) atoms. The molecule has 2 N–H and O–H groups in total. The van der Waals surface area contributed by atoms with Gasteiger partial charge in [-0.05, 0) is 49.9 Å². The molecule has 0 spiro atoms. The molecule has 0 radical (unpaired) electrons. The quantitative estimate of drug-likeness (QED) is 0.851. The van der Waals surface area contributed by atoms with Crippen LogP contribution >= 0.6 is 11.3 Å². The van der Waals surface area contributed by atoms with Gasteiger partial charge in [0, 0.05) is 16.3 Å². The lowest BCUT2D eigenvalue weighted by molar-refractivity contribution is 0.0690. The van der Waals surface area contributed by atoms with E-state index in [0.29, 0.717) is 11.5 Å². The maximum atomic E-state index is 6.08. The minimum Gasteiger partial charge on any atom is -0.329 e. The van der Waals surface area contributed by atoms with E-state index in [0.717, 1.165) is 13.0 Å². The highest BCUT2D eigenvalue weighted by molar-refractivity contribution is 7.12. The SMILES string of the molecule is CCc1ccc(C(CN)N2CCC(CC)(CC)CC2)s1. The third kappa shape index (κ3) is 3.26. The molecule has 3 heteroatoms. The van der Waals surface area contributed by atoms with Crippen LogP contribution in [0.15, 0.2) is 12.1 Å². The molecule has 0 bridgehead atoms. The molecular formula is C17H30N2S. The number of nitrogens with two attached hydrogens (primary N) is 1. The van der Waals surface area contributed by atoms with Crippen LogP contribution in [0, 0.1) is 5.41 Å². The molecule has 0 amide bonds. The summed E-state index contributed by atoms with van der Waals surface area (Å²) in [6.07, 6.45) is 6.45. The Bertz CT molecular complexity index is 399. The fourth-order valence-electron chi connectivity index (χ4n) is 3.48. The number of hydrogen-bond donors (Lipinski definition) is 1. The summed E-state index contributed by atoms with van der Waals surface area (Å²) in [6, 6.07) is 5.00. The summed E-state index contributed by atoms with van der Waals surface area (Å²) in [5, 5.41) is 0. The first kappa shape index (κ1) is 16.0. The summed E-state index contributed by atoms with van der Waals surface area (Å²) in [7, 11) is 0. The van der Waals surface area contributed by atoms with Crippen LogP contribution in [0.25, 0.3) is 0 Å². The summed E-state index contributed by atoms with van der Waals surface area (Å²) < 4.78 is 0. The molecule has 2 heterocycles. The molecule has 1 saturated heterocycles. The minimum absolute atomic E-state index is 0.437. The first-order valence-electron chi connectivity index (χ1n) is 8.20. The van der Waals surface area contributed by atoms with E-state index in [4.69, 9.17) is 5.73 Å². The van der Waals surface area contributed by atoms with Gasteiger partial charge in [0.2, 0.25) is 0 Å². The Morgan fingerprint density at radius 1 is 1.20 bits per heavy atom. The predicted molar refractivity (Wildman–Crippen MR) is 89.3 cm³/mol. The number of thiophene rings is 1. The second kappa shape index (κ2) is 7.06. The Morgan fingerprint density at radius 2 is 1.85 bits per heavy atom. The number of piperidine rings is 1. The van der Waals surface area contributed by atoms with Gasteiger partial charge in [0.05, 0.1) is 6.04 Å². The molecule has 2 nitrogen and oxygen atoms in total. The molecular weight excluding hydrogens is 264 g/mol. The average Bonchev–Trinajstić information content (AvgIpc) is 2.98. The molecule has 1 aliphatic rings. The van der Waals surface area contributed by atoms with Crippen molar-refractivity contribution in [1.82, 2.24) is 4.90 Å². The maximum absolute atomic E-state index is 6.08. The number of aryl methyl sites for hydroxylation is 1. The van der Waals surface area contributed by atoms with Crippen molar-refractivity contribution in [3.05, 3.63) is 21.9 Å². The Morgan fingerprint density at radius 3 is 2.30 bits per heavy atom. The normalized spacial score (nSPS) is 21.0. The third-order valence-electron chi connectivity index (χ3n) is 5.38. The Kier molecular flexibility index (Phi) is 5.65. The molecule has 114 valence electrons. The van der Waals surface area contributed by atoms with Gasteiger partial charge < -0.3 is 5.73 Å². The monoisotopic (exact) mass is 294 g/mol. The highest BCUT2D eigenvalue weighted by atomic mass is 32.1. The van der Waals surface area contributed by atoms with Crippen LogP contribution < -0.4 is 5.73 Å². The van der Waals surface area contributed by atoms with E-state index in [-0.39, 0.29) is 0 Å². The van der Waals surface area contributed by atoms with Crippen LogP contribution in [0.5, 0.6) is 0 Å². The van der Waals surface area contributed by atoms with Gasteiger partial charge in [-0.15, -0.1) is 11.3 Å². The zero-order chi connectivity index (χ0) is 14.6. The van der Waals surface area contributed by atoms with Crippen LogP contribution in [0.2, 0.25) is 0 Å². The van der Waals surface area contributed by atoms with Crippen molar-refractivity contribution in [3.63, 3.8) is 0 Å². The molecule has 2 rings (SSSR count). The molecule has 0 aromatic carbocycles. The van der Waals surface area contributed by atoms with Crippen molar-refractivity contribution in [3.8, 4) is 0 Å². The second-order valence-corrected chi connectivity index (χ2v) is 7.35. The van der Waals surface area contributed by atoms with Gasteiger partial charge in [0.25, 0.3) is 0 Å². The van der Waals surface area contributed by atoms with Gasteiger partial charge in [-0.2, -0.15) is 0 Å². The third-order valence-corrected chi connectivity index (χ3v) is 6.71. The molecule has 1 fully saturated rings. The van der Waals surface area contributed by atoms with Crippen molar-refractivity contribution in [2.45, 2.75) is 58.9 Å². The standard InChI is InChI=1S/C17H30N2S/c1-4-14-7-8-16(20-14)15(13-18)19-11-9-17(5-2,6-3)10-12-19/h7-8,15H,4-6,9-13,18H2,1-3H3. The molecule has 1 aromatic rings. The summed E-state index contributed by atoms with van der Waals surface area (Å²) in [5.41, 5.74) is 6.68. The van der Waals surface area contributed by atoms with Crippen molar-refractivity contribution >= 4 is 11.3 Å². The topological polar surface area (TPSA) is 29.3 Å². The Labute approximate surface area is 128 Å². The maximum Gasteiger partial charge on any atom is 0.0564 e. The van der Waals surface area contributed by atoms with Crippen LogP contribution in [-0.2, 0) is 6.42 Å². The van der Waals surface area contributed by atoms with E-state index in [1.54, 1.807) is 0 Å². The Balaban J connectivity index is 2.03. The molecule has 1 aromatic heterocycles. The van der Waals surface area contributed by atoms with E-state index in [1.807, 2.05) is 11.3 Å². The smallest absolute Gasteiger partial charge is 0.0564 e. The molecule has 1 unspecified atom stereocenters. The van der Waals surface area contributed by atoms with E-state index < -0.39 is 0 Å². The minimum atomic E-state index is 0.437. The number of rotatable bonds is 6. The highest BCUT2D eigenvalue weighted by Gasteiger charge is 2.33. The van der Waals surface area contributed by atoms with E-state index in [2.05, 4.69) is 37.8 Å². The number of hydrogen-bond acceptors (Lipinski definition) is 3. The van der Waals surface area contributed by atoms with Crippen molar-refractivity contribution in [2.75, 3.05) is 19.6 Å². The lowest BCUT2D eigenvalue weighted by Gasteiger charge is -2.43. The summed E-state index contributed by atoms with van der Waals surface area (Å²) in [6.45, 7) is 10.1. The zero-order valence-electron chi connectivity index (χ0n) is 13.3. The summed E-state index contributed by atoms with van der Waals surface area (Å²) in [5.74, 6) is 0. The van der Waals surface area contributed by atoms with Crippen LogP contribution in [0.4, 0.5) is 0 Å². The van der Waals surface area contributed by atoms with Gasteiger partial charge in [-0.3, -0.25) is 4.90 Å².